The quantitative estimate of drug-likeness (QED) is 0.771. The summed E-state index contributed by atoms with van der Waals surface area (Å²) in [5.74, 6) is 4.03. The lowest BCUT2D eigenvalue weighted by atomic mass is 9.79. The van der Waals surface area contributed by atoms with E-state index in [9.17, 15) is 0 Å². The molecule has 0 aromatic carbocycles. The predicted molar refractivity (Wildman–Crippen MR) is 84.2 cm³/mol. The lowest BCUT2D eigenvalue weighted by molar-refractivity contribution is 0.0484. The minimum absolute atomic E-state index is 0.206. The van der Waals surface area contributed by atoms with Gasteiger partial charge in [-0.25, -0.2) is 0 Å². The lowest BCUT2D eigenvalue weighted by Gasteiger charge is -2.46. The summed E-state index contributed by atoms with van der Waals surface area (Å²) in [6.07, 6.45) is 3.78. The molecule has 0 aromatic heterocycles. The van der Waals surface area contributed by atoms with Gasteiger partial charge in [-0.3, -0.25) is 4.90 Å². The molecule has 1 saturated heterocycles. The highest BCUT2D eigenvalue weighted by atomic mass is 32.2. The molecular weight excluding hydrogens is 240 g/mol. The molecule has 0 aromatic rings. The molecule has 0 saturated carbocycles. The second-order valence-electron chi connectivity index (χ2n) is 6.75. The average Bonchev–Trinajstić information content (AvgIpc) is 2.78. The SMILES string of the molecule is CC(C)CC(CN)(CC(C)C)N(C)C1CCSC1. The van der Waals surface area contributed by atoms with Gasteiger partial charge in [-0.15, -0.1) is 0 Å². The van der Waals surface area contributed by atoms with Gasteiger partial charge in [0.15, 0.2) is 0 Å². The van der Waals surface area contributed by atoms with Gasteiger partial charge in [0.1, 0.15) is 0 Å². The summed E-state index contributed by atoms with van der Waals surface area (Å²) in [4.78, 5) is 2.63. The summed E-state index contributed by atoms with van der Waals surface area (Å²) in [6.45, 7) is 10.1. The van der Waals surface area contributed by atoms with E-state index in [2.05, 4.69) is 51.4 Å². The fourth-order valence-corrected chi connectivity index (χ4v) is 4.68. The molecule has 0 amide bonds. The smallest absolute Gasteiger partial charge is 0.0336 e. The lowest BCUT2D eigenvalue weighted by Crippen LogP contribution is -2.57. The molecule has 3 heteroatoms. The van der Waals surface area contributed by atoms with Crippen LogP contribution in [0.3, 0.4) is 0 Å². The summed E-state index contributed by atoms with van der Waals surface area (Å²) in [5.41, 5.74) is 6.43. The molecule has 1 heterocycles. The Morgan fingerprint density at radius 2 is 1.78 bits per heavy atom. The highest BCUT2D eigenvalue weighted by Crippen LogP contribution is 2.34. The third-order valence-electron chi connectivity index (χ3n) is 4.16. The van der Waals surface area contributed by atoms with Crippen molar-refractivity contribution >= 4 is 11.8 Å². The van der Waals surface area contributed by atoms with E-state index in [1.807, 2.05) is 0 Å². The molecule has 1 atom stereocenters. The fraction of sp³-hybridized carbons (Fsp3) is 1.00. The predicted octanol–water partition coefficient (Wildman–Crippen LogP) is 3.21. The van der Waals surface area contributed by atoms with Crippen molar-refractivity contribution in [1.29, 1.82) is 0 Å². The first kappa shape index (κ1) is 16.3. The van der Waals surface area contributed by atoms with Crippen molar-refractivity contribution in [2.24, 2.45) is 17.6 Å². The van der Waals surface area contributed by atoms with Gasteiger partial charge in [0.05, 0.1) is 0 Å². The molecule has 1 aliphatic heterocycles. The van der Waals surface area contributed by atoms with Crippen molar-refractivity contribution in [3.63, 3.8) is 0 Å². The second kappa shape index (κ2) is 7.16. The molecule has 108 valence electrons. The third kappa shape index (κ3) is 4.14. The number of hydrogen-bond acceptors (Lipinski definition) is 3. The Morgan fingerprint density at radius 3 is 2.11 bits per heavy atom. The van der Waals surface area contributed by atoms with Crippen molar-refractivity contribution in [3.05, 3.63) is 0 Å². The summed E-state index contributed by atoms with van der Waals surface area (Å²) in [7, 11) is 2.31. The number of likely N-dealkylation sites (N-methyl/N-ethyl adjacent to an activating group) is 1. The Labute approximate surface area is 118 Å². The second-order valence-corrected chi connectivity index (χ2v) is 7.90. The number of rotatable bonds is 7. The molecule has 0 bridgehead atoms. The third-order valence-corrected chi connectivity index (χ3v) is 5.30. The van der Waals surface area contributed by atoms with E-state index in [4.69, 9.17) is 5.73 Å². The standard InChI is InChI=1S/C15H32N2S/c1-12(2)8-15(11-16,9-13(3)4)17(5)14-6-7-18-10-14/h12-14H,6-11,16H2,1-5H3. The summed E-state index contributed by atoms with van der Waals surface area (Å²) in [6, 6.07) is 0.732. The van der Waals surface area contributed by atoms with Crippen LogP contribution in [0.2, 0.25) is 0 Å². The summed E-state index contributed by atoms with van der Waals surface area (Å²) < 4.78 is 0. The van der Waals surface area contributed by atoms with Crippen LogP contribution in [0.5, 0.6) is 0 Å². The zero-order valence-corrected chi connectivity index (χ0v) is 13.7. The topological polar surface area (TPSA) is 29.3 Å². The highest BCUT2D eigenvalue weighted by molar-refractivity contribution is 7.99. The molecule has 1 unspecified atom stereocenters. The normalized spacial score (nSPS) is 21.5. The van der Waals surface area contributed by atoms with E-state index >= 15 is 0 Å². The number of nitrogens with two attached hydrogens (primary N) is 1. The van der Waals surface area contributed by atoms with Crippen LogP contribution in [0.25, 0.3) is 0 Å². The van der Waals surface area contributed by atoms with Crippen LogP contribution in [0.15, 0.2) is 0 Å². The first-order chi connectivity index (χ1) is 8.41. The van der Waals surface area contributed by atoms with Crippen LogP contribution in [0.4, 0.5) is 0 Å². The van der Waals surface area contributed by atoms with Gasteiger partial charge < -0.3 is 5.73 Å². The molecule has 1 rings (SSSR count). The van der Waals surface area contributed by atoms with E-state index < -0.39 is 0 Å². The molecule has 2 N–H and O–H groups in total. The van der Waals surface area contributed by atoms with E-state index in [-0.39, 0.29) is 5.54 Å². The van der Waals surface area contributed by atoms with Gasteiger partial charge in [0.2, 0.25) is 0 Å². The van der Waals surface area contributed by atoms with Crippen LogP contribution < -0.4 is 5.73 Å². The average molecular weight is 273 g/mol. The first-order valence-electron chi connectivity index (χ1n) is 7.42. The fourth-order valence-electron chi connectivity index (χ4n) is 3.42. The molecule has 0 spiro atoms. The molecule has 0 radical (unpaired) electrons. The van der Waals surface area contributed by atoms with Gasteiger partial charge in [-0.05, 0) is 43.9 Å². The number of hydrogen-bond donors (Lipinski definition) is 1. The minimum atomic E-state index is 0.206. The number of nitrogens with zero attached hydrogens (tertiary/aromatic N) is 1. The van der Waals surface area contributed by atoms with Crippen molar-refractivity contribution in [3.8, 4) is 0 Å². The van der Waals surface area contributed by atoms with Gasteiger partial charge in [-0.2, -0.15) is 11.8 Å². The summed E-state index contributed by atoms with van der Waals surface area (Å²) in [5, 5.41) is 0. The van der Waals surface area contributed by atoms with Crippen molar-refractivity contribution in [2.45, 2.75) is 58.5 Å². The van der Waals surface area contributed by atoms with Crippen LogP contribution in [-0.4, -0.2) is 41.6 Å². The molecule has 1 aliphatic rings. The maximum absolute atomic E-state index is 6.22. The van der Waals surface area contributed by atoms with Gasteiger partial charge in [-0.1, -0.05) is 27.7 Å². The highest BCUT2D eigenvalue weighted by Gasteiger charge is 2.38. The van der Waals surface area contributed by atoms with Crippen LogP contribution >= 0.6 is 11.8 Å². The van der Waals surface area contributed by atoms with Crippen molar-refractivity contribution in [1.82, 2.24) is 4.90 Å². The van der Waals surface area contributed by atoms with E-state index in [1.54, 1.807) is 0 Å². The van der Waals surface area contributed by atoms with E-state index in [0.717, 1.165) is 12.6 Å². The molecular formula is C15H32N2S. The minimum Gasteiger partial charge on any atom is -0.329 e. The van der Waals surface area contributed by atoms with Crippen LogP contribution in [0.1, 0.15) is 47.0 Å². The zero-order valence-electron chi connectivity index (χ0n) is 12.9. The Morgan fingerprint density at radius 1 is 1.22 bits per heavy atom. The van der Waals surface area contributed by atoms with Gasteiger partial charge in [0, 0.05) is 23.9 Å². The van der Waals surface area contributed by atoms with Crippen molar-refractivity contribution < 1.29 is 0 Å². The maximum Gasteiger partial charge on any atom is 0.0336 e. The molecule has 0 aliphatic carbocycles. The Balaban J connectivity index is 2.84. The van der Waals surface area contributed by atoms with E-state index in [1.165, 1.54) is 30.8 Å². The molecule has 2 nitrogen and oxygen atoms in total. The van der Waals surface area contributed by atoms with Gasteiger partial charge in [0.25, 0.3) is 0 Å². The monoisotopic (exact) mass is 272 g/mol. The Kier molecular flexibility index (Phi) is 6.49. The Bertz CT molecular complexity index is 225. The van der Waals surface area contributed by atoms with Crippen LogP contribution in [-0.2, 0) is 0 Å². The largest absolute Gasteiger partial charge is 0.329 e. The van der Waals surface area contributed by atoms with Crippen molar-refractivity contribution in [2.75, 3.05) is 25.1 Å². The molecule has 1 fully saturated rings. The zero-order chi connectivity index (χ0) is 13.8. The maximum atomic E-state index is 6.22. The number of thioether (sulfide) groups is 1. The van der Waals surface area contributed by atoms with Gasteiger partial charge >= 0.3 is 0 Å². The molecule has 18 heavy (non-hydrogen) atoms. The first-order valence-corrected chi connectivity index (χ1v) is 8.57. The van der Waals surface area contributed by atoms with E-state index in [0.29, 0.717) is 11.8 Å². The summed E-state index contributed by atoms with van der Waals surface area (Å²) >= 11 is 2.09. The van der Waals surface area contributed by atoms with Crippen LogP contribution in [0, 0.1) is 11.8 Å². The Hall–Kier alpha value is 0.270.